The molecule has 21 heavy (non-hydrogen) atoms. The lowest BCUT2D eigenvalue weighted by Crippen LogP contribution is -2.46. The number of rotatable bonds is 10. The van der Waals surface area contributed by atoms with Crippen LogP contribution in [0.3, 0.4) is 0 Å². The molecule has 0 heterocycles. The van der Waals surface area contributed by atoms with Crippen LogP contribution in [0.2, 0.25) is 0 Å². The predicted octanol–water partition coefficient (Wildman–Crippen LogP) is 2.59. The van der Waals surface area contributed by atoms with E-state index < -0.39 is 0 Å². The van der Waals surface area contributed by atoms with Gasteiger partial charge in [0.1, 0.15) is 0 Å². The summed E-state index contributed by atoms with van der Waals surface area (Å²) >= 11 is 0. The maximum atomic E-state index is 8.80. The summed E-state index contributed by atoms with van der Waals surface area (Å²) in [5, 5.41) is 30.9. The highest BCUT2D eigenvalue weighted by Gasteiger charge is 2.21. The van der Waals surface area contributed by atoms with Crippen LogP contribution in [0.5, 0.6) is 0 Å². The van der Waals surface area contributed by atoms with Crippen LogP contribution in [0.15, 0.2) is 10.3 Å². The molecule has 0 fully saturated rings. The summed E-state index contributed by atoms with van der Waals surface area (Å²) in [6, 6.07) is 0. The Kier molecular flexibility index (Phi) is 8.51. The van der Waals surface area contributed by atoms with Crippen LogP contribution in [-0.2, 0) is 0 Å². The van der Waals surface area contributed by atoms with Gasteiger partial charge in [-0.3, -0.25) is 0 Å². The van der Waals surface area contributed by atoms with E-state index in [9.17, 15) is 0 Å². The van der Waals surface area contributed by atoms with Crippen molar-refractivity contribution in [3.05, 3.63) is 0 Å². The molecule has 0 saturated carbocycles. The molecule has 6 nitrogen and oxygen atoms in total. The molecule has 0 aliphatic heterocycles. The summed E-state index contributed by atoms with van der Waals surface area (Å²) in [7, 11) is 0. The van der Waals surface area contributed by atoms with E-state index in [1.807, 2.05) is 41.5 Å². The molecule has 0 atom stereocenters. The zero-order valence-corrected chi connectivity index (χ0v) is 14.3. The zero-order valence-electron chi connectivity index (χ0n) is 14.3. The monoisotopic (exact) mass is 300 g/mol. The van der Waals surface area contributed by atoms with E-state index in [4.69, 9.17) is 10.4 Å². The van der Waals surface area contributed by atoms with Crippen molar-refractivity contribution in [2.75, 3.05) is 13.1 Å². The molecular weight excluding hydrogens is 268 g/mol. The average Bonchev–Trinajstić information content (AvgIpc) is 2.43. The molecule has 0 saturated heterocycles. The molecule has 4 N–H and O–H groups in total. The molecule has 0 aliphatic carbocycles. The van der Waals surface area contributed by atoms with Gasteiger partial charge in [-0.15, -0.1) is 0 Å². The highest BCUT2D eigenvalue weighted by Crippen LogP contribution is 2.07. The molecular formula is C15H32N4O2. The van der Waals surface area contributed by atoms with Crippen molar-refractivity contribution in [2.45, 2.75) is 71.9 Å². The second-order valence-electron chi connectivity index (χ2n) is 6.54. The second-order valence-corrected chi connectivity index (χ2v) is 6.54. The largest absolute Gasteiger partial charge is 0.411 e. The Morgan fingerprint density at radius 1 is 0.762 bits per heavy atom. The standard InChI is InChI=1S/C15H32N4O2/c1-12(18-20)14(3,4)16-10-8-7-9-11-17-15(5,6)13(2)19-21/h16-17,20-21H,7-11H2,1-6H3/b18-12+,19-13+. The minimum Gasteiger partial charge on any atom is -0.411 e. The minimum absolute atomic E-state index is 0.274. The first-order valence-electron chi connectivity index (χ1n) is 7.55. The SMILES string of the molecule is C/C(=N\O)C(C)(C)NCCCCCNC(C)(C)/C(C)=N/O. The topological polar surface area (TPSA) is 89.2 Å². The Balaban J connectivity index is 3.80. The quantitative estimate of drug-likeness (QED) is 0.216. The number of unbranched alkanes of at least 4 members (excludes halogenated alkanes) is 2. The summed E-state index contributed by atoms with van der Waals surface area (Å²) in [6.07, 6.45) is 3.24. The predicted molar refractivity (Wildman–Crippen MR) is 87.8 cm³/mol. The molecule has 0 aliphatic rings. The Hall–Kier alpha value is -1.14. The maximum absolute atomic E-state index is 8.80. The fourth-order valence-corrected chi connectivity index (χ4v) is 1.73. The maximum Gasteiger partial charge on any atom is 0.0734 e. The van der Waals surface area contributed by atoms with Crippen molar-refractivity contribution in [1.82, 2.24) is 10.6 Å². The molecule has 0 bridgehead atoms. The highest BCUT2D eigenvalue weighted by molar-refractivity contribution is 5.90. The number of oxime groups is 2. The van der Waals surface area contributed by atoms with Gasteiger partial charge in [0.15, 0.2) is 0 Å². The molecule has 0 aromatic rings. The molecule has 0 radical (unpaired) electrons. The van der Waals surface area contributed by atoms with Crippen molar-refractivity contribution < 1.29 is 10.4 Å². The van der Waals surface area contributed by atoms with E-state index in [2.05, 4.69) is 20.9 Å². The first kappa shape index (κ1) is 19.9. The molecule has 0 aromatic heterocycles. The van der Waals surface area contributed by atoms with Crippen LogP contribution >= 0.6 is 0 Å². The lowest BCUT2D eigenvalue weighted by molar-refractivity contribution is 0.310. The van der Waals surface area contributed by atoms with Gasteiger partial charge in [-0.2, -0.15) is 0 Å². The Labute approximate surface area is 128 Å². The van der Waals surface area contributed by atoms with Gasteiger partial charge < -0.3 is 21.0 Å². The molecule has 6 heteroatoms. The normalized spacial score (nSPS) is 14.6. The third kappa shape index (κ3) is 7.43. The lowest BCUT2D eigenvalue weighted by atomic mass is 9.99. The molecule has 0 rings (SSSR count). The van der Waals surface area contributed by atoms with Crippen LogP contribution in [-0.4, -0.2) is 46.0 Å². The Morgan fingerprint density at radius 2 is 1.10 bits per heavy atom. The van der Waals surface area contributed by atoms with E-state index >= 15 is 0 Å². The molecule has 124 valence electrons. The average molecular weight is 300 g/mol. The van der Waals surface area contributed by atoms with Crippen LogP contribution in [0.25, 0.3) is 0 Å². The Bertz CT molecular complexity index is 329. The van der Waals surface area contributed by atoms with Gasteiger partial charge in [-0.1, -0.05) is 16.7 Å². The van der Waals surface area contributed by atoms with Gasteiger partial charge in [0.05, 0.1) is 22.5 Å². The van der Waals surface area contributed by atoms with E-state index in [-0.39, 0.29) is 11.1 Å². The number of hydrogen-bond acceptors (Lipinski definition) is 6. The molecule has 0 aromatic carbocycles. The van der Waals surface area contributed by atoms with E-state index in [1.54, 1.807) is 0 Å². The van der Waals surface area contributed by atoms with Crippen LogP contribution in [0.4, 0.5) is 0 Å². The van der Waals surface area contributed by atoms with Gasteiger partial charge in [0.25, 0.3) is 0 Å². The van der Waals surface area contributed by atoms with Crippen molar-refractivity contribution in [3.8, 4) is 0 Å². The van der Waals surface area contributed by atoms with Crippen LogP contribution in [0, 0.1) is 0 Å². The molecule has 0 unspecified atom stereocenters. The first-order valence-corrected chi connectivity index (χ1v) is 7.55. The van der Waals surface area contributed by atoms with E-state index in [0.717, 1.165) is 32.4 Å². The second kappa shape index (κ2) is 9.00. The fourth-order valence-electron chi connectivity index (χ4n) is 1.73. The van der Waals surface area contributed by atoms with Crippen molar-refractivity contribution in [2.24, 2.45) is 10.3 Å². The van der Waals surface area contributed by atoms with Gasteiger partial charge in [-0.25, -0.2) is 0 Å². The van der Waals surface area contributed by atoms with E-state index in [0.29, 0.717) is 11.4 Å². The van der Waals surface area contributed by atoms with Crippen molar-refractivity contribution in [1.29, 1.82) is 0 Å². The zero-order chi connectivity index (χ0) is 16.5. The summed E-state index contributed by atoms with van der Waals surface area (Å²) < 4.78 is 0. The summed E-state index contributed by atoms with van der Waals surface area (Å²) in [5.74, 6) is 0. The smallest absolute Gasteiger partial charge is 0.0734 e. The number of hydrogen-bond donors (Lipinski definition) is 4. The Morgan fingerprint density at radius 3 is 1.38 bits per heavy atom. The van der Waals surface area contributed by atoms with Crippen LogP contribution < -0.4 is 10.6 Å². The molecule has 0 amide bonds. The number of nitrogens with one attached hydrogen (secondary N) is 2. The third-order valence-electron chi connectivity index (χ3n) is 4.10. The van der Waals surface area contributed by atoms with Gasteiger partial charge in [0, 0.05) is 0 Å². The van der Waals surface area contributed by atoms with Gasteiger partial charge >= 0.3 is 0 Å². The fraction of sp³-hybridized carbons (Fsp3) is 0.867. The van der Waals surface area contributed by atoms with Crippen molar-refractivity contribution >= 4 is 11.4 Å². The summed E-state index contributed by atoms with van der Waals surface area (Å²) in [4.78, 5) is 0. The van der Waals surface area contributed by atoms with E-state index in [1.165, 1.54) is 0 Å². The minimum atomic E-state index is -0.274. The van der Waals surface area contributed by atoms with Crippen molar-refractivity contribution in [3.63, 3.8) is 0 Å². The van der Waals surface area contributed by atoms with Gasteiger partial charge in [0.2, 0.25) is 0 Å². The summed E-state index contributed by atoms with van der Waals surface area (Å²) in [6.45, 7) is 13.4. The first-order chi connectivity index (χ1) is 9.67. The van der Waals surface area contributed by atoms with Crippen LogP contribution in [0.1, 0.15) is 60.8 Å². The summed E-state index contributed by atoms with van der Waals surface area (Å²) in [5.41, 5.74) is 0.822. The van der Waals surface area contributed by atoms with Gasteiger partial charge in [-0.05, 0) is 67.5 Å². The lowest BCUT2D eigenvalue weighted by Gasteiger charge is -2.26. The molecule has 0 spiro atoms. The highest BCUT2D eigenvalue weighted by atomic mass is 16.4. The number of nitrogens with zero attached hydrogens (tertiary/aromatic N) is 2. The third-order valence-corrected chi connectivity index (χ3v) is 4.10.